The molecule has 0 heterocycles. The summed E-state index contributed by atoms with van der Waals surface area (Å²) in [5, 5.41) is 5.24. The number of benzene rings is 1. The highest BCUT2D eigenvalue weighted by Gasteiger charge is 2.19. The highest BCUT2D eigenvalue weighted by atomic mass is 32.2. The first-order valence-electron chi connectivity index (χ1n) is 7.15. The van der Waals surface area contributed by atoms with E-state index in [1.807, 2.05) is 27.7 Å². The van der Waals surface area contributed by atoms with Gasteiger partial charge in [0.05, 0.1) is 4.90 Å². The van der Waals surface area contributed by atoms with Crippen molar-refractivity contribution in [2.45, 2.75) is 39.0 Å². The van der Waals surface area contributed by atoms with E-state index in [-0.39, 0.29) is 10.8 Å². The molecule has 0 saturated heterocycles. The van der Waals surface area contributed by atoms with Crippen molar-refractivity contribution in [3.63, 3.8) is 0 Å². The zero-order valence-electron chi connectivity index (χ0n) is 13.1. The molecule has 0 radical (unpaired) electrons. The van der Waals surface area contributed by atoms with E-state index in [1.54, 1.807) is 17.0 Å². The summed E-state index contributed by atoms with van der Waals surface area (Å²) in [5.41, 5.74) is 0.986. The van der Waals surface area contributed by atoms with Crippen LogP contribution in [0.1, 0.15) is 43.6 Å². The molecule has 0 saturated carbocycles. The van der Waals surface area contributed by atoms with Crippen LogP contribution in [-0.4, -0.2) is 32.3 Å². The predicted octanol–water partition coefficient (Wildman–Crippen LogP) is 2.01. The highest BCUT2D eigenvalue weighted by Crippen LogP contribution is 2.19. The summed E-state index contributed by atoms with van der Waals surface area (Å²) < 4.78 is 23.3. The Morgan fingerprint density at radius 2 is 1.90 bits per heavy atom. The zero-order valence-corrected chi connectivity index (χ0v) is 13.9. The van der Waals surface area contributed by atoms with E-state index < -0.39 is 10.0 Å². The fourth-order valence-corrected chi connectivity index (χ4v) is 3.09. The van der Waals surface area contributed by atoms with Crippen molar-refractivity contribution in [2.24, 2.45) is 11.1 Å². The molecular formula is C15H24N2O3S. The van der Waals surface area contributed by atoms with Crippen LogP contribution in [0.5, 0.6) is 0 Å². The minimum absolute atomic E-state index is 0.0384. The molecule has 0 aliphatic heterocycles. The third-order valence-corrected chi connectivity index (χ3v) is 4.25. The number of primary sulfonamides is 1. The lowest BCUT2D eigenvalue weighted by Crippen LogP contribution is -2.34. The van der Waals surface area contributed by atoms with E-state index >= 15 is 0 Å². The largest absolute Gasteiger partial charge is 0.339 e. The van der Waals surface area contributed by atoms with Crippen LogP contribution in [0.4, 0.5) is 0 Å². The van der Waals surface area contributed by atoms with Gasteiger partial charge in [0.2, 0.25) is 10.0 Å². The number of carbonyl (C=O) groups excluding carboxylic acids is 1. The number of nitrogens with zero attached hydrogens (tertiary/aromatic N) is 1. The summed E-state index contributed by atoms with van der Waals surface area (Å²) in [6, 6.07) is 4.72. The Bertz CT molecular complexity index is 609. The SMILES string of the molecule is CCc1ccc(C(=O)N(CC)CC(C)C)cc1S(N)(=O)=O. The second-order valence-corrected chi connectivity index (χ2v) is 6.99. The van der Waals surface area contributed by atoms with Gasteiger partial charge in [-0.25, -0.2) is 13.6 Å². The van der Waals surface area contributed by atoms with Crippen molar-refractivity contribution >= 4 is 15.9 Å². The minimum Gasteiger partial charge on any atom is -0.339 e. The van der Waals surface area contributed by atoms with E-state index in [2.05, 4.69) is 0 Å². The van der Waals surface area contributed by atoms with Crippen molar-refractivity contribution in [3.8, 4) is 0 Å². The molecule has 118 valence electrons. The normalized spacial score (nSPS) is 11.7. The van der Waals surface area contributed by atoms with Gasteiger partial charge in [0.25, 0.3) is 5.91 Å². The van der Waals surface area contributed by atoms with E-state index in [0.717, 1.165) is 0 Å². The second kappa shape index (κ2) is 7.04. The number of aryl methyl sites for hydroxylation is 1. The maximum Gasteiger partial charge on any atom is 0.253 e. The fourth-order valence-electron chi connectivity index (χ4n) is 2.22. The molecule has 21 heavy (non-hydrogen) atoms. The summed E-state index contributed by atoms with van der Waals surface area (Å²) in [5.74, 6) is 0.181. The summed E-state index contributed by atoms with van der Waals surface area (Å²) >= 11 is 0. The first kappa shape index (κ1) is 17.7. The zero-order chi connectivity index (χ0) is 16.2. The highest BCUT2D eigenvalue weighted by molar-refractivity contribution is 7.89. The number of hydrogen-bond acceptors (Lipinski definition) is 3. The van der Waals surface area contributed by atoms with Crippen LogP contribution < -0.4 is 5.14 Å². The lowest BCUT2D eigenvalue weighted by Gasteiger charge is -2.23. The Morgan fingerprint density at radius 1 is 1.29 bits per heavy atom. The summed E-state index contributed by atoms with van der Waals surface area (Å²) in [4.78, 5) is 14.2. The second-order valence-electron chi connectivity index (χ2n) is 5.46. The number of rotatable bonds is 6. The van der Waals surface area contributed by atoms with Crippen molar-refractivity contribution in [2.75, 3.05) is 13.1 Å². The maximum absolute atomic E-state index is 12.5. The molecule has 0 aliphatic rings. The van der Waals surface area contributed by atoms with Gasteiger partial charge in [-0.05, 0) is 37.0 Å². The van der Waals surface area contributed by atoms with Gasteiger partial charge in [0, 0.05) is 18.7 Å². The molecule has 6 heteroatoms. The van der Waals surface area contributed by atoms with Gasteiger partial charge < -0.3 is 4.90 Å². The molecule has 0 aliphatic carbocycles. The first-order valence-corrected chi connectivity index (χ1v) is 8.70. The van der Waals surface area contributed by atoms with E-state index in [1.165, 1.54) is 6.07 Å². The standard InChI is InChI=1S/C15H24N2O3S/c1-5-12-7-8-13(9-14(12)21(16,19)20)15(18)17(6-2)10-11(3)4/h7-9,11H,5-6,10H2,1-4H3,(H2,16,19,20). The average molecular weight is 312 g/mol. The molecule has 0 bridgehead atoms. The van der Waals surface area contributed by atoms with E-state index in [9.17, 15) is 13.2 Å². The minimum atomic E-state index is -3.83. The van der Waals surface area contributed by atoms with E-state index in [0.29, 0.717) is 36.6 Å². The lowest BCUT2D eigenvalue weighted by atomic mass is 10.1. The molecule has 0 aromatic heterocycles. The molecule has 5 nitrogen and oxygen atoms in total. The van der Waals surface area contributed by atoms with Crippen LogP contribution in [0, 0.1) is 5.92 Å². The third-order valence-electron chi connectivity index (χ3n) is 3.26. The van der Waals surface area contributed by atoms with Crippen LogP contribution in [0.2, 0.25) is 0 Å². The Balaban J connectivity index is 3.23. The topological polar surface area (TPSA) is 80.5 Å². The quantitative estimate of drug-likeness (QED) is 0.872. The third kappa shape index (κ3) is 4.54. The molecule has 1 rings (SSSR count). The van der Waals surface area contributed by atoms with Crippen LogP contribution in [0.25, 0.3) is 0 Å². The molecule has 1 aromatic carbocycles. The smallest absolute Gasteiger partial charge is 0.253 e. The molecule has 0 atom stereocenters. The number of carbonyl (C=O) groups is 1. The van der Waals surface area contributed by atoms with E-state index in [4.69, 9.17) is 5.14 Å². The molecule has 0 fully saturated rings. The fraction of sp³-hybridized carbons (Fsp3) is 0.533. The monoisotopic (exact) mass is 312 g/mol. The lowest BCUT2D eigenvalue weighted by molar-refractivity contribution is 0.0745. The van der Waals surface area contributed by atoms with Gasteiger partial charge in [0.15, 0.2) is 0 Å². The van der Waals surface area contributed by atoms with Crippen LogP contribution in [-0.2, 0) is 16.4 Å². The average Bonchev–Trinajstić information content (AvgIpc) is 2.42. The van der Waals surface area contributed by atoms with Crippen LogP contribution in [0.15, 0.2) is 23.1 Å². The van der Waals surface area contributed by atoms with Crippen molar-refractivity contribution in [3.05, 3.63) is 29.3 Å². The summed E-state index contributed by atoms with van der Waals surface area (Å²) in [7, 11) is -3.83. The first-order chi connectivity index (χ1) is 9.70. The number of sulfonamides is 1. The molecule has 2 N–H and O–H groups in total. The van der Waals surface area contributed by atoms with Crippen LogP contribution >= 0.6 is 0 Å². The molecular weight excluding hydrogens is 288 g/mol. The van der Waals surface area contributed by atoms with Gasteiger partial charge in [-0.2, -0.15) is 0 Å². The number of hydrogen-bond donors (Lipinski definition) is 1. The summed E-state index contributed by atoms with van der Waals surface area (Å²) in [6.45, 7) is 9.04. The van der Waals surface area contributed by atoms with Gasteiger partial charge >= 0.3 is 0 Å². The molecule has 0 unspecified atom stereocenters. The molecule has 1 aromatic rings. The Labute approximate surface area is 127 Å². The van der Waals surface area contributed by atoms with Crippen LogP contribution in [0.3, 0.4) is 0 Å². The molecule has 1 amide bonds. The van der Waals surface area contributed by atoms with Crippen molar-refractivity contribution < 1.29 is 13.2 Å². The number of amides is 1. The Kier molecular flexibility index (Phi) is 5.92. The summed E-state index contributed by atoms with van der Waals surface area (Å²) in [6.07, 6.45) is 0.545. The van der Waals surface area contributed by atoms with Crippen molar-refractivity contribution in [1.82, 2.24) is 4.90 Å². The van der Waals surface area contributed by atoms with Gasteiger partial charge in [-0.1, -0.05) is 26.8 Å². The Hall–Kier alpha value is -1.40. The van der Waals surface area contributed by atoms with Gasteiger partial charge in [-0.15, -0.1) is 0 Å². The predicted molar refractivity (Wildman–Crippen MR) is 83.6 cm³/mol. The molecule has 0 spiro atoms. The van der Waals surface area contributed by atoms with Gasteiger partial charge in [0.1, 0.15) is 0 Å². The van der Waals surface area contributed by atoms with Gasteiger partial charge in [-0.3, -0.25) is 4.79 Å². The number of nitrogens with two attached hydrogens (primary N) is 1. The maximum atomic E-state index is 12.5. The van der Waals surface area contributed by atoms with Crippen molar-refractivity contribution in [1.29, 1.82) is 0 Å². The Morgan fingerprint density at radius 3 is 2.33 bits per heavy atom.